The highest BCUT2D eigenvalue weighted by molar-refractivity contribution is 7.99. The number of ether oxygens (including phenoxy) is 1. The third kappa shape index (κ3) is 5.01. The minimum atomic E-state index is -0.479. The summed E-state index contributed by atoms with van der Waals surface area (Å²) in [5.41, 5.74) is 0.598. The summed E-state index contributed by atoms with van der Waals surface area (Å²) >= 11 is 1.64. The topological polar surface area (TPSA) is 42.4 Å². The molecule has 0 bridgehead atoms. The highest BCUT2D eigenvalue weighted by Crippen LogP contribution is 2.33. The lowest BCUT2D eigenvalue weighted by Crippen LogP contribution is -2.41. The van der Waals surface area contributed by atoms with Gasteiger partial charge in [0.2, 0.25) is 0 Å². The van der Waals surface area contributed by atoms with Gasteiger partial charge in [0, 0.05) is 17.6 Å². The van der Waals surface area contributed by atoms with E-state index in [1.54, 1.807) is 11.8 Å². The number of carbonyl (C=O) groups is 1. The first-order chi connectivity index (χ1) is 12.4. The van der Waals surface area contributed by atoms with Crippen molar-refractivity contribution in [2.45, 2.75) is 61.6 Å². The zero-order chi connectivity index (χ0) is 18.6. The molecule has 1 aliphatic heterocycles. The molecule has 1 amide bonds. The summed E-state index contributed by atoms with van der Waals surface area (Å²) in [7, 11) is 0. The normalized spacial score (nSPS) is 17.8. The number of carbonyl (C=O) groups excluding carboxylic acids is 1. The number of piperidine rings is 1. The summed E-state index contributed by atoms with van der Waals surface area (Å²) in [6, 6.07) is 14.4. The lowest BCUT2D eigenvalue weighted by atomic mass is 9.97. The van der Waals surface area contributed by atoms with Gasteiger partial charge in [-0.05, 0) is 63.8 Å². The number of hydrogen-bond acceptors (Lipinski definition) is 4. The van der Waals surface area contributed by atoms with Crippen LogP contribution in [0.5, 0.6) is 0 Å². The van der Waals surface area contributed by atoms with Crippen LogP contribution in [0.2, 0.25) is 0 Å². The summed E-state index contributed by atoms with van der Waals surface area (Å²) in [4.78, 5) is 20.2. The first kappa shape index (κ1) is 18.8. The number of pyridine rings is 1. The maximum Gasteiger partial charge on any atom is 0.410 e. The van der Waals surface area contributed by atoms with Crippen LogP contribution in [0.25, 0.3) is 0 Å². The van der Waals surface area contributed by atoms with Gasteiger partial charge < -0.3 is 9.64 Å². The second kappa shape index (κ2) is 8.12. The highest BCUT2D eigenvalue weighted by Gasteiger charge is 2.31. The zero-order valence-corrected chi connectivity index (χ0v) is 16.5. The lowest BCUT2D eigenvalue weighted by molar-refractivity contribution is 0.00947. The Bertz CT molecular complexity index is 726. The molecular formula is C21H26N2O2S. The molecule has 0 aliphatic carbocycles. The Morgan fingerprint density at radius 1 is 1.15 bits per heavy atom. The fourth-order valence-corrected chi connectivity index (χ4v) is 3.85. The van der Waals surface area contributed by atoms with Gasteiger partial charge in [-0.1, -0.05) is 36.0 Å². The molecule has 2 heterocycles. The highest BCUT2D eigenvalue weighted by atomic mass is 32.2. The molecule has 5 heteroatoms. The van der Waals surface area contributed by atoms with Gasteiger partial charge in [0.25, 0.3) is 0 Å². The number of nitrogens with zero attached hydrogens (tertiary/aromatic N) is 2. The van der Waals surface area contributed by atoms with Crippen LogP contribution in [0.3, 0.4) is 0 Å². The van der Waals surface area contributed by atoms with Crippen molar-refractivity contribution < 1.29 is 9.53 Å². The Kier molecular flexibility index (Phi) is 5.87. The van der Waals surface area contributed by atoms with E-state index in [0.717, 1.165) is 36.4 Å². The number of benzene rings is 1. The Labute approximate surface area is 160 Å². The second-order valence-electron chi connectivity index (χ2n) is 7.53. The molecule has 0 spiro atoms. The summed E-state index contributed by atoms with van der Waals surface area (Å²) < 4.78 is 5.59. The van der Waals surface area contributed by atoms with E-state index in [4.69, 9.17) is 4.74 Å². The minimum Gasteiger partial charge on any atom is -0.444 e. The van der Waals surface area contributed by atoms with Crippen molar-refractivity contribution in [1.82, 2.24) is 9.88 Å². The number of amides is 1. The van der Waals surface area contributed by atoms with Gasteiger partial charge in [-0.25, -0.2) is 9.78 Å². The molecule has 138 valence electrons. The molecule has 1 aliphatic rings. The largest absolute Gasteiger partial charge is 0.444 e. The van der Waals surface area contributed by atoms with Crippen molar-refractivity contribution in [2.75, 3.05) is 6.54 Å². The zero-order valence-electron chi connectivity index (χ0n) is 15.6. The molecule has 0 saturated carbocycles. The fourth-order valence-electron chi connectivity index (χ4n) is 3.08. The first-order valence-electron chi connectivity index (χ1n) is 9.11. The summed E-state index contributed by atoms with van der Waals surface area (Å²) in [6.07, 6.45) is 4.75. The number of rotatable bonds is 3. The molecule has 1 aromatic carbocycles. The van der Waals surface area contributed by atoms with E-state index < -0.39 is 5.60 Å². The Morgan fingerprint density at radius 3 is 2.58 bits per heavy atom. The third-order valence-electron chi connectivity index (χ3n) is 4.24. The minimum absolute atomic E-state index is 0.0434. The molecule has 1 saturated heterocycles. The molecule has 3 rings (SSSR count). The molecule has 0 N–H and O–H groups in total. The van der Waals surface area contributed by atoms with Crippen LogP contribution in [-0.4, -0.2) is 28.1 Å². The average Bonchev–Trinajstić information content (AvgIpc) is 2.62. The summed E-state index contributed by atoms with van der Waals surface area (Å²) in [5, 5.41) is 0.958. The average molecular weight is 371 g/mol. The SMILES string of the molecule is CC(C)(C)OC(=O)N1CCCCC1c1ccc(Sc2ccccc2)nc1. The molecule has 1 unspecified atom stereocenters. The van der Waals surface area contributed by atoms with E-state index >= 15 is 0 Å². The van der Waals surface area contributed by atoms with Gasteiger partial charge in [0.1, 0.15) is 10.6 Å². The van der Waals surface area contributed by atoms with Crippen molar-refractivity contribution in [2.24, 2.45) is 0 Å². The van der Waals surface area contributed by atoms with Crippen molar-refractivity contribution in [1.29, 1.82) is 0 Å². The van der Waals surface area contributed by atoms with Crippen LogP contribution in [0.4, 0.5) is 4.79 Å². The number of hydrogen-bond donors (Lipinski definition) is 0. The van der Waals surface area contributed by atoms with Crippen LogP contribution < -0.4 is 0 Å². The number of aromatic nitrogens is 1. The van der Waals surface area contributed by atoms with E-state index in [1.807, 2.05) is 56.1 Å². The Hall–Kier alpha value is -2.01. The van der Waals surface area contributed by atoms with Crippen LogP contribution in [-0.2, 0) is 4.74 Å². The molecule has 1 aromatic heterocycles. The molecular weight excluding hydrogens is 344 g/mol. The third-order valence-corrected chi connectivity index (χ3v) is 5.20. The fraction of sp³-hybridized carbons (Fsp3) is 0.429. The molecule has 1 atom stereocenters. The second-order valence-corrected chi connectivity index (χ2v) is 8.62. The van der Waals surface area contributed by atoms with Crippen LogP contribution in [0, 0.1) is 0 Å². The van der Waals surface area contributed by atoms with Crippen molar-refractivity contribution in [3.63, 3.8) is 0 Å². The van der Waals surface area contributed by atoms with Gasteiger partial charge in [0.15, 0.2) is 0 Å². The van der Waals surface area contributed by atoms with E-state index in [-0.39, 0.29) is 12.1 Å². The molecule has 1 fully saturated rings. The van der Waals surface area contributed by atoms with Gasteiger partial charge >= 0.3 is 6.09 Å². The van der Waals surface area contributed by atoms with Crippen molar-refractivity contribution in [3.8, 4) is 0 Å². The van der Waals surface area contributed by atoms with Gasteiger partial charge in [-0.3, -0.25) is 0 Å². The predicted octanol–water partition coefficient (Wildman–Crippen LogP) is 5.69. The van der Waals surface area contributed by atoms with Crippen molar-refractivity contribution in [3.05, 3.63) is 54.2 Å². The maximum atomic E-state index is 12.6. The summed E-state index contributed by atoms with van der Waals surface area (Å²) in [5.74, 6) is 0. The Morgan fingerprint density at radius 2 is 1.92 bits per heavy atom. The van der Waals surface area contributed by atoms with Crippen LogP contribution >= 0.6 is 11.8 Å². The smallest absolute Gasteiger partial charge is 0.410 e. The summed E-state index contributed by atoms with van der Waals surface area (Å²) in [6.45, 7) is 6.45. The van der Waals surface area contributed by atoms with Crippen LogP contribution in [0.15, 0.2) is 58.6 Å². The van der Waals surface area contributed by atoms with Crippen molar-refractivity contribution >= 4 is 17.9 Å². The standard InChI is InChI=1S/C21H26N2O2S/c1-21(2,3)25-20(24)23-14-8-7-11-18(23)16-12-13-19(22-15-16)26-17-9-5-4-6-10-17/h4-6,9-10,12-13,15,18H,7-8,11,14H2,1-3H3. The lowest BCUT2D eigenvalue weighted by Gasteiger charge is -2.36. The van der Waals surface area contributed by atoms with Gasteiger partial charge in [-0.2, -0.15) is 0 Å². The first-order valence-corrected chi connectivity index (χ1v) is 9.92. The molecule has 4 nitrogen and oxygen atoms in total. The molecule has 2 aromatic rings. The quantitative estimate of drug-likeness (QED) is 0.695. The monoisotopic (exact) mass is 370 g/mol. The van der Waals surface area contributed by atoms with Gasteiger partial charge in [0.05, 0.1) is 6.04 Å². The van der Waals surface area contributed by atoms with E-state index in [0.29, 0.717) is 0 Å². The van der Waals surface area contributed by atoms with Gasteiger partial charge in [-0.15, -0.1) is 0 Å². The molecule has 26 heavy (non-hydrogen) atoms. The van der Waals surface area contributed by atoms with E-state index in [2.05, 4.69) is 23.2 Å². The van der Waals surface area contributed by atoms with Crippen LogP contribution in [0.1, 0.15) is 51.6 Å². The maximum absolute atomic E-state index is 12.6. The van der Waals surface area contributed by atoms with E-state index in [9.17, 15) is 4.79 Å². The Balaban J connectivity index is 1.72. The predicted molar refractivity (Wildman–Crippen MR) is 104 cm³/mol. The number of likely N-dealkylation sites (tertiary alicyclic amines) is 1. The van der Waals surface area contributed by atoms with E-state index in [1.165, 1.54) is 4.90 Å². The molecule has 0 radical (unpaired) electrons.